The molecule has 2 N–H and O–H groups in total. The third kappa shape index (κ3) is 6.06. The van der Waals surface area contributed by atoms with Gasteiger partial charge in [-0.05, 0) is 25.0 Å². The van der Waals surface area contributed by atoms with E-state index < -0.39 is 10.0 Å². The molecular weight excluding hydrogens is 344 g/mol. The number of ether oxygens (including phenoxy) is 2. The van der Waals surface area contributed by atoms with E-state index in [4.69, 9.17) is 9.47 Å². The van der Waals surface area contributed by atoms with Crippen LogP contribution in [0.4, 0.5) is 0 Å². The highest BCUT2D eigenvalue weighted by atomic mass is 32.2. The molecule has 1 aliphatic rings. The van der Waals surface area contributed by atoms with Crippen LogP contribution in [0.5, 0.6) is 11.5 Å². The summed E-state index contributed by atoms with van der Waals surface area (Å²) in [5.41, 5.74) is 0. The summed E-state index contributed by atoms with van der Waals surface area (Å²) in [6.45, 7) is 5.19. The molecule has 0 spiro atoms. The summed E-state index contributed by atoms with van der Waals surface area (Å²) in [4.78, 5) is 11.6. The predicted octanol–water partition coefficient (Wildman–Crippen LogP) is 1.60. The summed E-state index contributed by atoms with van der Waals surface area (Å²) in [5.74, 6) is 0.983. The molecule has 0 fully saturated rings. The Labute approximate surface area is 148 Å². The highest BCUT2D eigenvalue weighted by Gasteiger charge is 2.18. The average molecular weight is 368 g/mol. The summed E-state index contributed by atoms with van der Waals surface area (Å²) < 4.78 is 37.9. The van der Waals surface area contributed by atoms with E-state index in [1.807, 2.05) is 0 Å². The summed E-state index contributed by atoms with van der Waals surface area (Å²) in [7, 11) is -3.59. The minimum Gasteiger partial charge on any atom is -0.486 e. The maximum atomic E-state index is 12.3. The fourth-order valence-electron chi connectivity index (χ4n) is 2.34. The largest absolute Gasteiger partial charge is 0.486 e. The van der Waals surface area contributed by atoms with E-state index in [-0.39, 0.29) is 10.8 Å². The third-order valence-electron chi connectivity index (χ3n) is 3.64. The molecule has 0 unspecified atom stereocenters. The minimum absolute atomic E-state index is 0.0169. The van der Waals surface area contributed by atoms with Crippen molar-refractivity contribution in [1.29, 1.82) is 0 Å². The maximum Gasteiger partial charge on any atom is 0.240 e. The molecule has 1 heterocycles. The summed E-state index contributed by atoms with van der Waals surface area (Å²) in [6, 6.07) is 4.57. The fraction of sp³-hybridized carbons (Fsp3) is 0.471. The van der Waals surface area contributed by atoms with Crippen LogP contribution in [-0.4, -0.2) is 40.6 Å². The van der Waals surface area contributed by atoms with Crippen LogP contribution < -0.4 is 19.5 Å². The van der Waals surface area contributed by atoms with Crippen molar-refractivity contribution >= 4 is 15.9 Å². The molecule has 2 rings (SSSR count). The number of fused-ring (bicyclic) bond motifs is 1. The Hall–Kier alpha value is -2.06. The normalized spacial score (nSPS) is 13.3. The van der Waals surface area contributed by atoms with Gasteiger partial charge in [0.15, 0.2) is 11.5 Å². The predicted molar refractivity (Wildman–Crippen MR) is 94.3 cm³/mol. The van der Waals surface area contributed by atoms with Crippen molar-refractivity contribution in [2.24, 2.45) is 0 Å². The first-order chi connectivity index (χ1) is 12.0. The molecule has 0 bridgehead atoms. The first-order valence-corrected chi connectivity index (χ1v) is 9.78. The van der Waals surface area contributed by atoms with E-state index in [0.717, 1.165) is 6.42 Å². The van der Waals surface area contributed by atoms with Crippen molar-refractivity contribution in [1.82, 2.24) is 10.0 Å². The van der Waals surface area contributed by atoms with Gasteiger partial charge in [0.2, 0.25) is 15.9 Å². The van der Waals surface area contributed by atoms with Gasteiger partial charge >= 0.3 is 0 Å². The highest BCUT2D eigenvalue weighted by molar-refractivity contribution is 7.89. The second-order valence-corrected chi connectivity index (χ2v) is 7.37. The average Bonchev–Trinajstić information content (AvgIpc) is 2.62. The molecule has 8 heteroatoms. The number of carbonyl (C=O) groups is 1. The molecule has 7 nitrogen and oxygen atoms in total. The quantitative estimate of drug-likeness (QED) is 0.483. The topological polar surface area (TPSA) is 93.7 Å². The van der Waals surface area contributed by atoms with E-state index in [2.05, 4.69) is 16.6 Å². The molecular formula is C17H24N2O5S. The van der Waals surface area contributed by atoms with Crippen molar-refractivity contribution in [3.8, 4) is 11.5 Å². The molecule has 0 aliphatic carbocycles. The van der Waals surface area contributed by atoms with Gasteiger partial charge < -0.3 is 14.8 Å². The molecule has 138 valence electrons. The molecule has 1 aliphatic heterocycles. The smallest absolute Gasteiger partial charge is 0.240 e. The van der Waals surface area contributed by atoms with E-state index in [0.29, 0.717) is 57.1 Å². The Morgan fingerprint density at radius 2 is 1.92 bits per heavy atom. The van der Waals surface area contributed by atoms with Crippen LogP contribution in [0.1, 0.15) is 25.7 Å². The molecule has 0 saturated carbocycles. The van der Waals surface area contributed by atoms with Gasteiger partial charge in [-0.2, -0.15) is 0 Å². The summed E-state index contributed by atoms with van der Waals surface area (Å²) in [6.07, 6.45) is 4.21. The lowest BCUT2D eigenvalue weighted by molar-refractivity contribution is -0.121. The lowest BCUT2D eigenvalue weighted by Gasteiger charge is -2.18. The number of hydrogen-bond acceptors (Lipinski definition) is 5. The van der Waals surface area contributed by atoms with Crippen molar-refractivity contribution in [2.45, 2.75) is 30.6 Å². The van der Waals surface area contributed by atoms with Crippen molar-refractivity contribution < 1.29 is 22.7 Å². The zero-order chi connectivity index (χ0) is 18.1. The van der Waals surface area contributed by atoms with Gasteiger partial charge in [0, 0.05) is 25.6 Å². The first-order valence-electron chi connectivity index (χ1n) is 8.30. The van der Waals surface area contributed by atoms with Gasteiger partial charge in [-0.1, -0.05) is 12.5 Å². The number of hydrogen-bond donors (Lipinski definition) is 2. The monoisotopic (exact) mass is 368 g/mol. The van der Waals surface area contributed by atoms with Crippen molar-refractivity contribution in [3.05, 3.63) is 30.9 Å². The fourth-order valence-corrected chi connectivity index (χ4v) is 3.43. The number of unbranched alkanes of at least 4 members (excludes halogenated alkanes) is 2. The Bertz CT molecular complexity index is 703. The zero-order valence-corrected chi connectivity index (χ0v) is 14.9. The van der Waals surface area contributed by atoms with E-state index in [1.54, 1.807) is 12.1 Å². The summed E-state index contributed by atoms with van der Waals surface area (Å²) in [5, 5.41) is 2.70. The van der Waals surface area contributed by atoms with Crippen molar-refractivity contribution in [2.75, 3.05) is 26.3 Å². The van der Waals surface area contributed by atoms with Crippen LogP contribution >= 0.6 is 0 Å². The van der Waals surface area contributed by atoms with Crippen LogP contribution in [-0.2, 0) is 14.8 Å². The van der Waals surface area contributed by atoms with E-state index >= 15 is 0 Å². The molecule has 25 heavy (non-hydrogen) atoms. The van der Waals surface area contributed by atoms with Gasteiger partial charge in [-0.15, -0.1) is 6.58 Å². The van der Waals surface area contributed by atoms with Gasteiger partial charge in [0.1, 0.15) is 13.2 Å². The standard InChI is InChI=1S/C17H24N2O5S/c1-2-9-18-17(20)6-4-3-5-10-19-25(21,22)14-7-8-15-16(13-14)24-12-11-23-15/h2,7-8,13,19H,1,3-6,9-12H2,(H,18,20). The Balaban J connectivity index is 1.73. The van der Waals surface area contributed by atoms with Crippen LogP contribution in [0.15, 0.2) is 35.7 Å². The second-order valence-electron chi connectivity index (χ2n) is 5.61. The number of benzene rings is 1. The van der Waals surface area contributed by atoms with Crippen LogP contribution in [0.3, 0.4) is 0 Å². The molecule has 1 aromatic carbocycles. The molecule has 0 aromatic heterocycles. The first kappa shape index (κ1) is 19.3. The summed E-state index contributed by atoms with van der Waals surface area (Å²) >= 11 is 0. The highest BCUT2D eigenvalue weighted by Crippen LogP contribution is 2.32. The number of amides is 1. The lowest BCUT2D eigenvalue weighted by atomic mass is 10.2. The number of carbonyl (C=O) groups excluding carboxylic acids is 1. The maximum absolute atomic E-state index is 12.3. The van der Waals surface area contributed by atoms with E-state index in [1.165, 1.54) is 12.1 Å². The third-order valence-corrected chi connectivity index (χ3v) is 5.10. The minimum atomic E-state index is -3.59. The second kappa shape index (κ2) is 9.43. The molecule has 1 aromatic rings. The van der Waals surface area contributed by atoms with Crippen LogP contribution in [0.2, 0.25) is 0 Å². The van der Waals surface area contributed by atoms with Crippen LogP contribution in [0, 0.1) is 0 Å². The zero-order valence-electron chi connectivity index (χ0n) is 14.1. The van der Waals surface area contributed by atoms with Gasteiger partial charge in [-0.25, -0.2) is 13.1 Å². The molecule has 0 saturated heterocycles. The van der Waals surface area contributed by atoms with E-state index in [9.17, 15) is 13.2 Å². The van der Waals surface area contributed by atoms with Crippen molar-refractivity contribution in [3.63, 3.8) is 0 Å². The Morgan fingerprint density at radius 3 is 2.68 bits per heavy atom. The van der Waals surface area contributed by atoms with Gasteiger partial charge in [-0.3, -0.25) is 4.79 Å². The van der Waals surface area contributed by atoms with Gasteiger partial charge in [0.25, 0.3) is 0 Å². The molecule has 0 radical (unpaired) electrons. The Morgan fingerprint density at radius 1 is 1.16 bits per heavy atom. The van der Waals surface area contributed by atoms with Crippen LogP contribution in [0.25, 0.3) is 0 Å². The molecule has 0 atom stereocenters. The number of rotatable bonds is 10. The number of nitrogens with one attached hydrogen (secondary N) is 2. The number of sulfonamides is 1. The Kier molecular flexibility index (Phi) is 7.27. The molecule has 1 amide bonds. The lowest BCUT2D eigenvalue weighted by Crippen LogP contribution is -2.25. The SMILES string of the molecule is C=CCNC(=O)CCCCCNS(=O)(=O)c1ccc2c(c1)OCCO2. The van der Waals surface area contributed by atoms with Gasteiger partial charge in [0.05, 0.1) is 4.90 Å².